The molecule has 2 aromatic rings. The van der Waals surface area contributed by atoms with Gasteiger partial charge in [-0.1, -0.05) is 18.2 Å². The highest BCUT2D eigenvalue weighted by molar-refractivity contribution is 5.79. The van der Waals surface area contributed by atoms with Gasteiger partial charge in [-0.25, -0.2) is 0 Å². The second-order valence-corrected chi connectivity index (χ2v) is 6.60. The summed E-state index contributed by atoms with van der Waals surface area (Å²) >= 11 is 0. The van der Waals surface area contributed by atoms with Crippen LogP contribution in [0.3, 0.4) is 0 Å². The molecule has 0 saturated heterocycles. The van der Waals surface area contributed by atoms with Crippen molar-refractivity contribution in [3.8, 4) is 11.5 Å². The average Bonchev–Trinajstić information content (AvgIpc) is 2.58. The highest BCUT2D eigenvalue weighted by atomic mass is 16.5. The number of carbonyl (C=O) groups excluding carboxylic acids is 1. The summed E-state index contributed by atoms with van der Waals surface area (Å²) in [7, 11) is 1.73. The number of aromatic nitrogens is 1. The summed E-state index contributed by atoms with van der Waals surface area (Å²) in [6, 6.07) is 9.51. The molecule has 1 aromatic heterocycles. The van der Waals surface area contributed by atoms with E-state index in [2.05, 4.69) is 0 Å². The van der Waals surface area contributed by atoms with Gasteiger partial charge in [-0.15, -0.1) is 0 Å². The van der Waals surface area contributed by atoms with Crippen LogP contribution in [0.4, 0.5) is 0 Å². The maximum Gasteiger partial charge on any atom is 0.312 e. The fraction of sp³-hybridized carbons (Fsp3) is 0.300. The van der Waals surface area contributed by atoms with Crippen molar-refractivity contribution in [2.45, 2.75) is 32.3 Å². The zero-order valence-electron chi connectivity index (χ0n) is 14.4. The Hall–Kier alpha value is -2.82. The van der Waals surface area contributed by atoms with Gasteiger partial charge in [0.2, 0.25) is 0 Å². The van der Waals surface area contributed by atoms with Crippen LogP contribution >= 0.6 is 0 Å². The van der Waals surface area contributed by atoms with Crippen LogP contribution < -0.4 is 15.0 Å². The summed E-state index contributed by atoms with van der Waals surface area (Å²) in [4.78, 5) is 25.0. The lowest BCUT2D eigenvalue weighted by atomic mass is 9.82. The third-order valence-electron chi connectivity index (χ3n) is 5.03. The van der Waals surface area contributed by atoms with Crippen molar-refractivity contribution in [2.24, 2.45) is 7.05 Å². The molecule has 2 atom stereocenters. The van der Waals surface area contributed by atoms with Gasteiger partial charge in [0.05, 0.1) is 12.0 Å². The summed E-state index contributed by atoms with van der Waals surface area (Å²) in [5.41, 5.74) is 3.05. The molecule has 0 bridgehead atoms. The number of fused-ring (bicyclic) bond motifs is 2. The molecule has 0 spiro atoms. The molecule has 25 heavy (non-hydrogen) atoms. The van der Waals surface area contributed by atoms with Gasteiger partial charge >= 0.3 is 5.97 Å². The molecule has 5 heteroatoms. The number of pyridine rings is 1. The predicted octanol–water partition coefficient (Wildman–Crippen LogP) is 2.95. The van der Waals surface area contributed by atoms with Crippen LogP contribution in [-0.4, -0.2) is 16.6 Å². The molecule has 0 amide bonds. The van der Waals surface area contributed by atoms with Gasteiger partial charge in [-0.2, -0.15) is 0 Å². The summed E-state index contributed by atoms with van der Waals surface area (Å²) in [5, 5.41) is 0. The monoisotopic (exact) mass is 337 g/mol. The van der Waals surface area contributed by atoms with E-state index >= 15 is 0 Å². The van der Waals surface area contributed by atoms with E-state index < -0.39 is 0 Å². The first kappa shape index (κ1) is 15.7. The lowest BCUT2D eigenvalue weighted by Gasteiger charge is -2.32. The Bertz CT molecular complexity index is 970. The normalized spacial score (nSPS) is 21.6. The van der Waals surface area contributed by atoms with Crippen LogP contribution in [-0.2, 0) is 11.8 Å². The number of hydrogen-bond acceptors (Lipinski definition) is 4. The van der Waals surface area contributed by atoms with Crippen molar-refractivity contribution in [3.63, 3.8) is 0 Å². The molecule has 5 nitrogen and oxygen atoms in total. The third kappa shape index (κ3) is 2.47. The second kappa shape index (κ2) is 5.62. The molecule has 2 aliphatic rings. The minimum atomic E-state index is -0.334. The predicted molar refractivity (Wildman–Crippen MR) is 93.9 cm³/mol. The topological polar surface area (TPSA) is 57.5 Å². The van der Waals surface area contributed by atoms with Crippen LogP contribution in [0, 0.1) is 6.92 Å². The van der Waals surface area contributed by atoms with Crippen LogP contribution in [0.2, 0.25) is 0 Å². The first-order valence-electron chi connectivity index (χ1n) is 8.34. The molecule has 0 N–H and O–H groups in total. The van der Waals surface area contributed by atoms with Crippen molar-refractivity contribution < 1.29 is 14.3 Å². The molecule has 0 unspecified atom stereocenters. The van der Waals surface area contributed by atoms with E-state index in [0.717, 1.165) is 22.6 Å². The Labute approximate surface area is 145 Å². The summed E-state index contributed by atoms with van der Waals surface area (Å²) in [6.45, 7) is 3.76. The second-order valence-electron chi connectivity index (χ2n) is 6.60. The first-order valence-corrected chi connectivity index (χ1v) is 8.34. The van der Waals surface area contributed by atoms with Gasteiger partial charge in [-0.05, 0) is 31.6 Å². The van der Waals surface area contributed by atoms with E-state index in [1.54, 1.807) is 17.7 Å². The van der Waals surface area contributed by atoms with Gasteiger partial charge in [0.25, 0.3) is 5.56 Å². The van der Waals surface area contributed by atoms with Crippen molar-refractivity contribution in [1.29, 1.82) is 0 Å². The maximum absolute atomic E-state index is 12.8. The Kier molecular flexibility index (Phi) is 3.53. The van der Waals surface area contributed by atoms with E-state index in [0.29, 0.717) is 11.3 Å². The van der Waals surface area contributed by atoms with Gasteiger partial charge in [0.1, 0.15) is 17.6 Å². The highest BCUT2D eigenvalue weighted by Crippen LogP contribution is 2.42. The van der Waals surface area contributed by atoms with Gasteiger partial charge < -0.3 is 14.0 Å². The minimum Gasteiger partial charge on any atom is -0.486 e. The van der Waals surface area contributed by atoms with Crippen LogP contribution in [0.5, 0.6) is 11.5 Å². The fourth-order valence-corrected chi connectivity index (χ4v) is 3.58. The number of para-hydroxylation sites is 1. The van der Waals surface area contributed by atoms with Gasteiger partial charge in [-0.3, -0.25) is 9.59 Å². The quantitative estimate of drug-likeness (QED) is 0.751. The lowest BCUT2D eigenvalue weighted by molar-refractivity contribution is -0.135. The summed E-state index contributed by atoms with van der Waals surface area (Å²) in [5.74, 6) is 0.527. The molecule has 0 aliphatic carbocycles. The van der Waals surface area contributed by atoms with E-state index in [4.69, 9.17) is 9.47 Å². The molecule has 0 saturated carbocycles. The standard InChI is InChI=1S/C20H19NO4/c1-11-8-17-19(20(23)21(11)3)15(10-18(22)25-17)14-9-13-6-4-5-7-16(13)24-12(14)2/h4-9,12,15H,10H2,1-3H3/t12-,15-/m1/s1. The van der Waals surface area contributed by atoms with Crippen molar-refractivity contribution in [3.05, 3.63) is 63.1 Å². The number of benzene rings is 1. The molecule has 0 fully saturated rings. The molecular weight excluding hydrogens is 318 g/mol. The average molecular weight is 337 g/mol. The number of ether oxygens (including phenoxy) is 2. The van der Waals surface area contributed by atoms with Crippen LogP contribution in [0.1, 0.15) is 36.1 Å². The van der Waals surface area contributed by atoms with Crippen molar-refractivity contribution in [2.75, 3.05) is 0 Å². The van der Waals surface area contributed by atoms with Gasteiger partial charge in [0, 0.05) is 30.3 Å². The SMILES string of the molecule is Cc1cc2c(c(=O)n1C)[C@@H](C1=Cc3ccccc3O[C@@H]1C)CC(=O)O2. The Morgan fingerprint density at radius 2 is 1.92 bits per heavy atom. The zero-order chi connectivity index (χ0) is 17.7. The third-order valence-corrected chi connectivity index (χ3v) is 5.03. The van der Waals surface area contributed by atoms with E-state index in [1.807, 2.05) is 44.2 Å². The summed E-state index contributed by atoms with van der Waals surface area (Å²) in [6.07, 6.45) is 1.97. The Morgan fingerprint density at radius 3 is 2.72 bits per heavy atom. The fourth-order valence-electron chi connectivity index (χ4n) is 3.58. The molecule has 3 heterocycles. The van der Waals surface area contributed by atoms with Crippen LogP contribution in [0.15, 0.2) is 40.7 Å². The number of aryl methyl sites for hydroxylation is 1. The number of nitrogens with zero attached hydrogens (tertiary/aromatic N) is 1. The van der Waals surface area contributed by atoms with Crippen molar-refractivity contribution >= 4 is 12.0 Å². The smallest absolute Gasteiger partial charge is 0.312 e. The maximum atomic E-state index is 12.8. The van der Waals surface area contributed by atoms with E-state index in [-0.39, 0.29) is 30.0 Å². The number of carbonyl (C=O) groups is 1. The number of rotatable bonds is 1. The number of esters is 1. The van der Waals surface area contributed by atoms with Crippen molar-refractivity contribution in [1.82, 2.24) is 4.57 Å². The Morgan fingerprint density at radius 1 is 1.16 bits per heavy atom. The van der Waals surface area contributed by atoms with Crippen LogP contribution in [0.25, 0.3) is 6.08 Å². The molecule has 2 aliphatic heterocycles. The molecular formula is C20H19NO4. The van der Waals surface area contributed by atoms with Gasteiger partial charge in [0.15, 0.2) is 0 Å². The molecule has 128 valence electrons. The molecule has 1 aromatic carbocycles. The first-order chi connectivity index (χ1) is 12.0. The van der Waals surface area contributed by atoms with E-state index in [1.165, 1.54) is 0 Å². The van der Waals surface area contributed by atoms with E-state index in [9.17, 15) is 9.59 Å². The summed E-state index contributed by atoms with van der Waals surface area (Å²) < 4.78 is 13.0. The number of hydrogen-bond donors (Lipinski definition) is 0. The zero-order valence-corrected chi connectivity index (χ0v) is 14.4. The molecule has 4 rings (SSSR count). The lowest BCUT2D eigenvalue weighted by Crippen LogP contribution is -2.35. The molecule has 0 radical (unpaired) electrons. The Balaban J connectivity index is 1.91. The largest absolute Gasteiger partial charge is 0.486 e. The minimum absolute atomic E-state index is 0.126. The highest BCUT2D eigenvalue weighted by Gasteiger charge is 2.36.